The highest BCUT2D eigenvalue weighted by molar-refractivity contribution is 7.09. The van der Waals surface area contributed by atoms with Crippen molar-refractivity contribution in [2.45, 2.75) is 27.2 Å². The van der Waals surface area contributed by atoms with Crippen LogP contribution in [0.4, 0.5) is 0 Å². The smallest absolute Gasteiger partial charge is 0.205 e. The first-order valence-corrected chi connectivity index (χ1v) is 6.65. The van der Waals surface area contributed by atoms with Gasteiger partial charge >= 0.3 is 0 Å². The van der Waals surface area contributed by atoms with Crippen LogP contribution in [0.3, 0.4) is 0 Å². The Kier molecular flexibility index (Phi) is 5.93. The van der Waals surface area contributed by atoms with Crippen molar-refractivity contribution in [3.05, 3.63) is 16.1 Å². The molecule has 17 heavy (non-hydrogen) atoms. The van der Waals surface area contributed by atoms with E-state index in [-0.39, 0.29) is 0 Å². The standard InChI is InChI=1S/C11H21N5S/c1-8(2)6-14-11(16-12)13-5-4-10-15-9(3)7-17-10/h7-8H,4-6,12H2,1-3H3,(H2,13,14,16). The van der Waals surface area contributed by atoms with Crippen molar-refractivity contribution in [2.75, 3.05) is 13.1 Å². The Balaban J connectivity index is 2.30. The van der Waals surface area contributed by atoms with Gasteiger partial charge in [-0.05, 0) is 12.8 Å². The topological polar surface area (TPSA) is 75.3 Å². The molecule has 0 unspecified atom stereocenters. The second-order valence-corrected chi connectivity index (χ2v) is 5.23. The minimum atomic E-state index is 0.529. The maximum absolute atomic E-state index is 5.39. The van der Waals surface area contributed by atoms with E-state index in [0.717, 1.165) is 30.2 Å². The van der Waals surface area contributed by atoms with Crippen LogP contribution >= 0.6 is 11.3 Å². The van der Waals surface area contributed by atoms with E-state index in [9.17, 15) is 0 Å². The number of hydrogen-bond donors (Lipinski definition) is 3. The van der Waals surface area contributed by atoms with E-state index < -0.39 is 0 Å². The first-order valence-electron chi connectivity index (χ1n) is 5.77. The van der Waals surface area contributed by atoms with Crippen LogP contribution in [-0.4, -0.2) is 24.0 Å². The SMILES string of the molecule is Cc1csc(CCNC(=NCC(C)C)NN)n1. The highest BCUT2D eigenvalue weighted by Crippen LogP contribution is 2.08. The van der Waals surface area contributed by atoms with Gasteiger partial charge in [0.2, 0.25) is 5.96 Å². The largest absolute Gasteiger partial charge is 0.355 e. The Morgan fingerprint density at radius 2 is 2.35 bits per heavy atom. The van der Waals surface area contributed by atoms with E-state index in [2.05, 4.69) is 39.9 Å². The molecule has 0 fully saturated rings. The summed E-state index contributed by atoms with van der Waals surface area (Å²) in [6.07, 6.45) is 0.890. The van der Waals surface area contributed by atoms with Crippen LogP contribution in [0.1, 0.15) is 24.5 Å². The predicted molar refractivity (Wildman–Crippen MR) is 73.0 cm³/mol. The molecule has 0 aliphatic rings. The van der Waals surface area contributed by atoms with Crippen LogP contribution in [0, 0.1) is 12.8 Å². The molecule has 0 radical (unpaired) electrons. The third-order valence-corrected chi connectivity index (χ3v) is 3.08. The highest BCUT2D eigenvalue weighted by atomic mass is 32.1. The van der Waals surface area contributed by atoms with Crippen molar-refractivity contribution in [3.63, 3.8) is 0 Å². The molecule has 0 amide bonds. The van der Waals surface area contributed by atoms with E-state index >= 15 is 0 Å². The summed E-state index contributed by atoms with van der Waals surface area (Å²) in [7, 11) is 0. The summed E-state index contributed by atoms with van der Waals surface area (Å²) in [5.74, 6) is 6.56. The van der Waals surface area contributed by atoms with Crippen molar-refractivity contribution >= 4 is 17.3 Å². The zero-order valence-corrected chi connectivity index (χ0v) is 11.5. The van der Waals surface area contributed by atoms with E-state index in [1.54, 1.807) is 11.3 Å². The quantitative estimate of drug-likeness (QED) is 0.318. The summed E-state index contributed by atoms with van der Waals surface area (Å²) in [5.41, 5.74) is 3.65. The third kappa shape index (κ3) is 5.65. The molecule has 0 aromatic carbocycles. The van der Waals surface area contributed by atoms with Gasteiger partial charge in [0.05, 0.1) is 5.01 Å². The molecule has 5 nitrogen and oxygen atoms in total. The number of aryl methyl sites for hydroxylation is 1. The minimum Gasteiger partial charge on any atom is -0.355 e. The van der Waals surface area contributed by atoms with Gasteiger partial charge in [0, 0.05) is 30.6 Å². The number of nitrogens with zero attached hydrogens (tertiary/aromatic N) is 2. The van der Waals surface area contributed by atoms with Crippen molar-refractivity contribution in [3.8, 4) is 0 Å². The van der Waals surface area contributed by atoms with Gasteiger partial charge in [-0.1, -0.05) is 13.8 Å². The van der Waals surface area contributed by atoms with Crippen LogP contribution in [0.25, 0.3) is 0 Å². The molecule has 0 atom stereocenters. The van der Waals surface area contributed by atoms with Crippen LogP contribution in [0.2, 0.25) is 0 Å². The molecule has 0 aliphatic heterocycles. The van der Waals surface area contributed by atoms with Gasteiger partial charge < -0.3 is 5.32 Å². The highest BCUT2D eigenvalue weighted by Gasteiger charge is 2.00. The average molecular weight is 255 g/mol. The van der Waals surface area contributed by atoms with Crippen molar-refractivity contribution in [2.24, 2.45) is 16.8 Å². The number of aromatic nitrogens is 1. The molecule has 0 aliphatic carbocycles. The normalized spacial score (nSPS) is 11.9. The number of nitrogens with two attached hydrogens (primary N) is 1. The molecule has 0 saturated heterocycles. The molecule has 0 spiro atoms. The molecule has 1 aromatic heterocycles. The number of hydrazine groups is 1. The van der Waals surface area contributed by atoms with Crippen LogP contribution in [-0.2, 0) is 6.42 Å². The van der Waals surface area contributed by atoms with Gasteiger partial charge in [0.15, 0.2) is 0 Å². The van der Waals surface area contributed by atoms with E-state index in [1.165, 1.54) is 0 Å². The lowest BCUT2D eigenvalue weighted by Gasteiger charge is -2.09. The lowest BCUT2D eigenvalue weighted by atomic mass is 10.2. The number of hydrogen-bond acceptors (Lipinski definition) is 4. The fraction of sp³-hybridized carbons (Fsp3) is 0.636. The van der Waals surface area contributed by atoms with E-state index in [1.807, 2.05) is 6.92 Å². The lowest BCUT2D eigenvalue weighted by molar-refractivity contribution is 0.656. The Bertz CT molecular complexity index is 358. The Hall–Kier alpha value is -1.14. The second kappa shape index (κ2) is 7.24. The van der Waals surface area contributed by atoms with E-state index in [0.29, 0.717) is 11.9 Å². The summed E-state index contributed by atoms with van der Waals surface area (Å²) in [4.78, 5) is 8.73. The van der Waals surface area contributed by atoms with Gasteiger partial charge in [0.25, 0.3) is 0 Å². The first kappa shape index (κ1) is 13.9. The van der Waals surface area contributed by atoms with Gasteiger partial charge in [-0.3, -0.25) is 10.4 Å². The average Bonchev–Trinajstić information content (AvgIpc) is 2.69. The number of thiazole rings is 1. The van der Waals surface area contributed by atoms with Crippen LogP contribution in [0.15, 0.2) is 10.4 Å². The van der Waals surface area contributed by atoms with Gasteiger partial charge in [-0.15, -0.1) is 11.3 Å². The minimum absolute atomic E-state index is 0.529. The van der Waals surface area contributed by atoms with Crippen molar-refractivity contribution in [1.29, 1.82) is 0 Å². The molecule has 1 heterocycles. The molecule has 96 valence electrons. The first-order chi connectivity index (χ1) is 8.11. The van der Waals surface area contributed by atoms with Gasteiger partial charge in [0.1, 0.15) is 0 Å². The summed E-state index contributed by atoms with van der Waals surface area (Å²) in [5, 5.41) is 6.36. The third-order valence-electron chi connectivity index (χ3n) is 2.05. The van der Waals surface area contributed by atoms with E-state index in [4.69, 9.17) is 5.84 Å². The second-order valence-electron chi connectivity index (χ2n) is 4.29. The summed E-state index contributed by atoms with van der Waals surface area (Å²) in [6.45, 7) is 7.80. The van der Waals surface area contributed by atoms with Crippen molar-refractivity contribution in [1.82, 2.24) is 15.7 Å². The van der Waals surface area contributed by atoms with Gasteiger partial charge in [-0.2, -0.15) is 0 Å². The molecular formula is C11H21N5S. The number of rotatable bonds is 5. The zero-order chi connectivity index (χ0) is 12.7. The number of nitrogens with one attached hydrogen (secondary N) is 2. The summed E-state index contributed by atoms with van der Waals surface area (Å²) < 4.78 is 0. The molecular weight excluding hydrogens is 234 g/mol. The molecule has 1 rings (SSSR count). The maximum Gasteiger partial charge on any atom is 0.205 e. The fourth-order valence-electron chi connectivity index (χ4n) is 1.23. The Labute approximate surface area is 107 Å². The lowest BCUT2D eigenvalue weighted by Crippen LogP contribution is -2.42. The maximum atomic E-state index is 5.39. The molecule has 0 saturated carbocycles. The molecule has 4 N–H and O–H groups in total. The monoisotopic (exact) mass is 255 g/mol. The summed E-state index contributed by atoms with van der Waals surface area (Å²) >= 11 is 1.68. The fourth-order valence-corrected chi connectivity index (χ4v) is 2.01. The predicted octanol–water partition coefficient (Wildman–Crippen LogP) is 1.06. The molecule has 6 heteroatoms. The Morgan fingerprint density at radius 3 is 2.88 bits per heavy atom. The summed E-state index contributed by atoms with van der Waals surface area (Å²) in [6, 6.07) is 0. The number of guanidine groups is 1. The zero-order valence-electron chi connectivity index (χ0n) is 10.7. The van der Waals surface area contributed by atoms with Gasteiger partial charge in [-0.25, -0.2) is 10.8 Å². The Morgan fingerprint density at radius 1 is 1.59 bits per heavy atom. The molecule has 1 aromatic rings. The van der Waals surface area contributed by atoms with Crippen LogP contribution in [0.5, 0.6) is 0 Å². The molecule has 0 bridgehead atoms. The van der Waals surface area contributed by atoms with Crippen molar-refractivity contribution < 1.29 is 0 Å². The number of aliphatic imine (C=N–C) groups is 1. The van der Waals surface area contributed by atoms with Crippen LogP contribution < -0.4 is 16.6 Å².